The fraction of sp³-hybridized carbons (Fsp3) is 0.0455. The van der Waals surface area contributed by atoms with Gasteiger partial charge in [-0.2, -0.15) is 10.2 Å². The SMILES string of the molecule is N=C1OC(c2ccccc2Cl)C(=N\NC(=O)c2ccncc2)/C1=N/NC(=O)c1ccncc1. The van der Waals surface area contributed by atoms with Gasteiger partial charge in [0.15, 0.2) is 11.8 Å². The summed E-state index contributed by atoms with van der Waals surface area (Å²) in [5.74, 6) is -1.35. The van der Waals surface area contributed by atoms with Gasteiger partial charge in [-0.1, -0.05) is 29.8 Å². The first kappa shape index (κ1) is 21.8. The number of hydrogen-bond acceptors (Lipinski definition) is 8. The Morgan fingerprint density at radius 3 is 2.00 bits per heavy atom. The third-order valence-corrected chi connectivity index (χ3v) is 4.91. The number of hydrazone groups is 2. The van der Waals surface area contributed by atoms with Crippen molar-refractivity contribution >= 4 is 40.7 Å². The van der Waals surface area contributed by atoms with Crippen LogP contribution in [0.5, 0.6) is 0 Å². The second-order valence-electron chi connectivity index (χ2n) is 6.66. The molecule has 11 heteroatoms. The Morgan fingerprint density at radius 1 is 0.879 bits per heavy atom. The number of carbonyl (C=O) groups is 2. The number of benzene rings is 1. The van der Waals surface area contributed by atoms with Gasteiger partial charge in [-0.15, -0.1) is 0 Å². The topological polar surface area (TPSA) is 142 Å². The highest BCUT2D eigenvalue weighted by Crippen LogP contribution is 2.31. The van der Waals surface area contributed by atoms with E-state index in [9.17, 15) is 9.59 Å². The van der Waals surface area contributed by atoms with E-state index in [4.69, 9.17) is 21.7 Å². The first-order valence-electron chi connectivity index (χ1n) is 9.61. The molecule has 164 valence electrons. The second-order valence-corrected chi connectivity index (χ2v) is 7.07. The van der Waals surface area contributed by atoms with Crippen LogP contribution in [0.4, 0.5) is 0 Å². The summed E-state index contributed by atoms with van der Waals surface area (Å²) in [5, 5.41) is 16.8. The fourth-order valence-corrected chi connectivity index (χ4v) is 3.18. The maximum absolute atomic E-state index is 12.5. The molecule has 4 rings (SSSR count). The fourth-order valence-electron chi connectivity index (χ4n) is 2.94. The summed E-state index contributed by atoms with van der Waals surface area (Å²) >= 11 is 6.32. The highest BCUT2D eigenvalue weighted by molar-refractivity contribution is 6.69. The maximum Gasteiger partial charge on any atom is 0.271 e. The Labute approximate surface area is 192 Å². The van der Waals surface area contributed by atoms with Crippen LogP contribution in [0, 0.1) is 5.41 Å². The molecule has 1 aliphatic rings. The summed E-state index contributed by atoms with van der Waals surface area (Å²) in [6, 6.07) is 13.0. The Balaban J connectivity index is 1.66. The van der Waals surface area contributed by atoms with E-state index in [0.29, 0.717) is 21.7 Å². The molecule has 3 N–H and O–H groups in total. The van der Waals surface area contributed by atoms with Crippen molar-refractivity contribution < 1.29 is 14.3 Å². The monoisotopic (exact) mass is 461 g/mol. The van der Waals surface area contributed by atoms with Gasteiger partial charge in [-0.3, -0.25) is 25.0 Å². The van der Waals surface area contributed by atoms with Gasteiger partial charge in [0.25, 0.3) is 11.8 Å². The lowest BCUT2D eigenvalue weighted by Crippen LogP contribution is -2.28. The zero-order valence-electron chi connectivity index (χ0n) is 16.9. The minimum Gasteiger partial charge on any atom is -0.461 e. The average Bonchev–Trinajstić information content (AvgIpc) is 3.17. The van der Waals surface area contributed by atoms with Crippen LogP contribution >= 0.6 is 11.6 Å². The minimum atomic E-state index is -0.916. The van der Waals surface area contributed by atoms with Crippen molar-refractivity contribution in [1.29, 1.82) is 5.41 Å². The molecule has 1 saturated heterocycles. The Kier molecular flexibility index (Phi) is 6.46. The first-order valence-corrected chi connectivity index (χ1v) is 9.98. The summed E-state index contributed by atoms with van der Waals surface area (Å²) in [7, 11) is 0. The van der Waals surface area contributed by atoms with Gasteiger partial charge in [-0.25, -0.2) is 10.9 Å². The van der Waals surface area contributed by atoms with E-state index in [-0.39, 0.29) is 17.3 Å². The number of aromatic nitrogens is 2. The summed E-state index contributed by atoms with van der Waals surface area (Å²) in [4.78, 5) is 32.6. The van der Waals surface area contributed by atoms with Crippen molar-refractivity contribution in [2.45, 2.75) is 6.10 Å². The molecular formula is C22H16ClN7O3. The predicted octanol–water partition coefficient (Wildman–Crippen LogP) is 2.75. The van der Waals surface area contributed by atoms with Gasteiger partial charge in [0.1, 0.15) is 5.71 Å². The highest BCUT2D eigenvalue weighted by Gasteiger charge is 2.38. The second kappa shape index (κ2) is 9.79. The lowest BCUT2D eigenvalue weighted by atomic mass is 10.0. The maximum atomic E-state index is 12.5. The molecule has 10 nitrogen and oxygen atoms in total. The van der Waals surface area contributed by atoms with Gasteiger partial charge in [0.05, 0.1) is 0 Å². The van der Waals surface area contributed by atoms with E-state index in [0.717, 1.165) is 0 Å². The van der Waals surface area contributed by atoms with Crippen LogP contribution in [-0.4, -0.2) is 39.1 Å². The number of nitrogens with zero attached hydrogens (tertiary/aromatic N) is 4. The molecule has 3 heterocycles. The largest absolute Gasteiger partial charge is 0.461 e. The summed E-state index contributed by atoms with van der Waals surface area (Å²) in [6.45, 7) is 0. The van der Waals surface area contributed by atoms with Crippen molar-refractivity contribution in [3.63, 3.8) is 0 Å². The van der Waals surface area contributed by atoms with Crippen LogP contribution in [0.15, 0.2) is 83.5 Å². The van der Waals surface area contributed by atoms with E-state index in [2.05, 4.69) is 31.0 Å². The number of halogens is 1. The van der Waals surface area contributed by atoms with Crippen LogP contribution in [0.3, 0.4) is 0 Å². The quantitative estimate of drug-likeness (QED) is 0.501. The standard InChI is InChI=1S/C22H16ClN7O3/c23-16-4-2-1-3-15(16)19-17(27-29-21(31)13-5-9-25-10-6-13)18(20(24)33-19)28-30-22(32)14-7-11-26-12-8-14/h1-12,19,24H,(H,29,31)(H,30,32)/b24-20?,27-17-,28-18-. The third-order valence-electron chi connectivity index (χ3n) is 4.56. The van der Waals surface area contributed by atoms with Gasteiger partial charge >= 0.3 is 0 Å². The predicted molar refractivity (Wildman–Crippen MR) is 121 cm³/mol. The number of ether oxygens (including phenoxy) is 1. The van der Waals surface area contributed by atoms with Crippen LogP contribution in [0.2, 0.25) is 5.02 Å². The number of amides is 2. The van der Waals surface area contributed by atoms with Crippen molar-refractivity contribution in [3.05, 3.63) is 95.0 Å². The third kappa shape index (κ3) is 4.91. The van der Waals surface area contributed by atoms with Crippen molar-refractivity contribution in [2.24, 2.45) is 10.2 Å². The van der Waals surface area contributed by atoms with Gasteiger partial charge in [0.2, 0.25) is 5.90 Å². The molecule has 2 aromatic heterocycles. The van der Waals surface area contributed by atoms with Gasteiger partial charge < -0.3 is 4.74 Å². The average molecular weight is 462 g/mol. The Hall–Kier alpha value is -4.44. The van der Waals surface area contributed by atoms with Crippen molar-refractivity contribution in [3.8, 4) is 0 Å². The van der Waals surface area contributed by atoms with Crippen LogP contribution in [-0.2, 0) is 4.74 Å². The van der Waals surface area contributed by atoms with Gasteiger partial charge in [0, 0.05) is 46.5 Å². The molecule has 3 aromatic rings. The number of rotatable bonds is 5. The van der Waals surface area contributed by atoms with E-state index in [1.165, 1.54) is 49.1 Å². The van der Waals surface area contributed by atoms with Crippen LogP contribution in [0.25, 0.3) is 0 Å². The molecule has 0 saturated carbocycles. The summed E-state index contributed by atoms with van der Waals surface area (Å²) in [5.41, 5.74) is 6.03. The number of nitrogens with one attached hydrogen (secondary N) is 3. The zero-order valence-corrected chi connectivity index (χ0v) is 17.7. The number of carbonyl (C=O) groups excluding carboxylic acids is 2. The number of hydrogen-bond donors (Lipinski definition) is 3. The molecule has 0 spiro atoms. The normalized spacial score (nSPS) is 17.6. The lowest BCUT2D eigenvalue weighted by Gasteiger charge is -2.12. The molecule has 2 amide bonds. The van der Waals surface area contributed by atoms with Crippen molar-refractivity contribution in [2.75, 3.05) is 0 Å². The zero-order chi connectivity index (χ0) is 23.2. The van der Waals surface area contributed by atoms with Crippen LogP contribution in [0.1, 0.15) is 32.4 Å². The van der Waals surface area contributed by atoms with E-state index in [1.807, 2.05) is 0 Å². The van der Waals surface area contributed by atoms with E-state index >= 15 is 0 Å². The molecule has 1 fully saturated rings. The highest BCUT2D eigenvalue weighted by atomic mass is 35.5. The Morgan fingerprint density at radius 2 is 1.42 bits per heavy atom. The molecule has 1 atom stereocenters. The first-order chi connectivity index (χ1) is 16.0. The summed E-state index contributed by atoms with van der Waals surface area (Å²) < 4.78 is 5.64. The smallest absolute Gasteiger partial charge is 0.271 e. The Bertz CT molecular complexity index is 1260. The molecule has 0 bridgehead atoms. The minimum absolute atomic E-state index is 0.0580. The number of pyridine rings is 2. The molecule has 0 aliphatic carbocycles. The molecular weight excluding hydrogens is 446 g/mol. The van der Waals surface area contributed by atoms with Crippen molar-refractivity contribution in [1.82, 2.24) is 20.8 Å². The van der Waals surface area contributed by atoms with E-state index in [1.54, 1.807) is 24.3 Å². The molecule has 1 unspecified atom stereocenters. The molecule has 1 aliphatic heterocycles. The molecule has 1 aromatic carbocycles. The molecule has 0 radical (unpaired) electrons. The van der Waals surface area contributed by atoms with Crippen LogP contribution < -0.4 is 10.9 Å². The lowest BCUT2D eigenvalue weighted by molar-refractivity contribution is 0.0946. The molecule has 33 heavy (non-hydrogen) atoms. The van der Waals surface area contributed by atoms with E-state index < -0.39 is 17.9 Å². The summed E-state index contributed by atoms with van der Waals surface area (Å²) in [6.07, 6.45) is 4.98. The van der Waals surface area contributed by atoms with Gasteiger partial charge in [-0.05, 0) is 30.3 Å².